The molecule has 106 valence electrons. The zero-order valence-electron chi connectivity index (χ0n) is 12.5. The van der Waals surface area contributed by atoms with E-state index in [9.17, 15) is 0 Å². The predicted molar refractivity (Wildman–Crippen MR) is 81.3 cm³/mol. The molecule has 0 amide bonds. The van der Waals surface area contributed by atoms with E-state index in [1.54, 1.807) is 0 Å². The van der Waals surface area contributed by atoms with Crippen LogP contribution in [0.3, 0.4) is 0 Å². The van der Waals surface area contributed by atoms with Gasteiger partial charge in [0.25, 0.3) is 0 Å². The molecule has 20 heavy (non-hydrogen) atoms. The Hall–Kier alpha value is -1.69. The Kier molecular flexibility index (Phi) is 4.54. The Balaban J connectivity index is 2.30. The Labute approximate surface area is 123 Å². The summed E-state index contributed by atoms with van der Waals surface area (Å²) in [6.07, 6.45) is 0. The van der Waals surface area contributed by atoms with Crippen LogP contribution in [0.5, 0.6) is 0 Å². The monoisotopic (exact) mass is 289 g/mol. The van der Waals surface area contributed by atoms with E-state index in [0.717, 1.165) is 39.4 Å². The highest BCUT2D eigenvalue weighted by Gasteiger charge is 2.09. The van der Waals surface area contributed by atoms with Crippen LogP contribution in [0, 0.1) is 27.7 Å². The van der Waals surface area contributed by atoms with Gasteiger partial charge in [-0.3, -0.25) is 0 Å². The first-order valence-corrected chi connectivity index (χ1v) is 7.40. The Bertz CT molecular complexity index is 604. The maximum Gasteiger partial charge on any atom is 0.223 e. The van der Waals surface area contributed by atoms with Crippen LogP contribution in [0.15, 0.2) is 16.2 Å². The molecule has 5 nitrogen and oxygen atoms in total. The van der Waals surface area contributed by atoms with Gasteiger partial charge >= 0.3 is 0 Å². The summed E-state index contributed by atoms with van der Waals surface area (Å²) in [6.45, 7) is 10.8. The lowest BCUT2D eigenvalue weighted by atomic mass is 10.2. The third-order valence-electron chi connectivity index (χ3n) is 2.97. The molecule has 0 saturated carbocycles. The van der Waals surface area contributed by atoms with Gasteiger partial charge in [0.1, 0.15) is 5.03 Å². The Morgan fingerprint density at radius 3 is 2.25 bits per heavy atom. The largest absolute Gasteiger partial charge is 0.354 e. The van der Waals surface area contributed by atoms with Crippen molar-refractivity contribution in [3.8, 4) is 0 Å². The predicted octanol–water partition coefficient (Wildman–Crippen LogP) is 3.08. The van der Waals surface area contributed by atoms with Crippen LogP contribution in [-0.4, -0.2) is 26.5 Å². The van der Waals surface area contributed by atoms with Gasteiger partial charge in [-0.2, -0.15) is 0 Å². The number of nitrogens with zero attached hydrogens (tertiary/aromatic N) is 4. The summed E-state index contributed by atoms with van der Waals surface area (Å²) in [6, 6.07) is 1.94. The van der Waals surface area contributed by atoms with Crippen molar-refractivity contribution >= 4 is 17.7 Å². The molecule has 0 aliphatic heterocycles. The van der Waals surface area contributed by atoms with Crippen molar-refractivity contribution in [2.24, 2.45) is 0 Å². The maximum absolute atomic E-state index is 4.51. The number of nitrogens with one attached hydrogen (secondary N) is 1. The molecule has 0 aliphatic rings. The molecule has 2 aromatic heterocycles. The molecule has 2 rings (SSSR count). The van der Waals surface area contributed by atoms with E-state index in [1.165, 1.54) is 11.8 Å². The van der Waals surface area contributed by atoms with Crippen molar-refractivity contribution in [3.05, 3.63) is 28.7 Å². The third kappa shape index (κ3) is 3.45. The first-order chi connectivity index (χ1) is 9.49. The zero-order valence-corrected chi connectivity index (χ0v) is 13.3. The smallest absolute Gasteiger partial charge is 0.223 e. The summed E-state index contributed by atoms with van der Waals surface area (Å²) in [7, 11) is 0. The maximum atomic E-state index is 4.51. The van der Waals surface area contributed by atoms with Crippen molar-refractivity contribution in [3.63, 3.8) is 0 Å². The normalized spacial score (nSPS) is 10.7. The molecule has 0 fully saturated rings. The van der Waals surface area contributed by atoms with E-state index >= 15 is 0 Å². The molecule has 1 N–H and O–H groups in total. The first kappa shape index (κ1) is 14.7. The molecule has 0 unspecified atom stereocenters. The van der Waals surface area contributed by atoms with Gasteiger partial charge in [0.2, 0.25) is 5.95 Å². The van der Waals surface area contributed by atoms with Gasteiger partial charge in [-0.05, 0) is 58.0 Å². The van der Waals surface area contributed by atoms with E-state index < -0.39 is 0 Å². The van der Waals surface area contributed by atoms with E-state index in [0.29, 0.717) is 5.95 Å². The van der Waals surface area contributed by atoms with Gasteiger partial charge in [-0.25, -0.2) is 19.9 Å². The lowest BCUT2D eigenvalue weighted by molar-refractivity contribution is 0.876. The first-order valence-electron chi connectivity index (χ1n) is 6.59. The van der Waals surface area contributed by atoms with Gasteiger partial charge in [0.05, 0.1) is 0 Å². The van der Waals surface area contributed by atoms with Crippen molar-refractivity contribution in [2.45, 2.75) is 44.8 Å². The molecule has 6 heteroatoms. The minimum atomic E-state index is 0.649. The van der Waals surface area contributed by atoms with Gasteiger partial charge in [-0.1, -0.05) is 0 Å². The summed E-state index contributed by atoms with van der Waals surface area (Å²) in [5.41, 5.74) is 4.09. The SMILES string of the molecule is CCNc1nc(C)cc(Sc2nc(C)c(C)c(C)n2)n1. The van der Waals surface area contributed by atoms with E-state index in [2.05, 4.69) is 25.3 Å². The highest BCUT2D eigenvalue weighted by Crippen LogP contribution is 2.25. The number of aromatic nitrogens is 4. The average Bonchev–Trinajstić information content (AvgIpc) is 2.35. The van der Waals surface area contributed by atoms with Crippen LogP contribution < -0.4 is 5.32 Å². The summed E-state index contributed by atoms with van der Waals surface area (Å²) >= 11 is 1.47. The van der Waals surface area contributed by atoms with Crippen LogP contribution in [0.1, 0.15) is 29.6 Å². The summed E-state index contributed by atoms with van der Waals surface area (Å²) in [5.74, 6) is 0.649. The van der Waals surface area contributed by atoms with Gasteiger partial charge in [0.15, 0.2) is 5.16 Å². The Morgan fingerprint density at radius 2 is 1.65 bits per heavy atom. The van der Waals surface area contributed by atoms with E-state index in [4.69, 9.17) is 0 Å². The fourth-order valence-corrected chi connectivity index (χ4v) is 2.62. The molecule has 2 aromatic rings. The molecule has 2 heterocycles. The topological polar surface area (TPSA) is 63.6 Å². The van der Waals surface area contributed by atoms with Gasteiger partial charge < -0.3 is 5.32 Å². The molecule has 0 spiro atoms. The van der Waals surface area contributed by atoms with E-state index in [-0.39, 0.29) is 0 Å². The minimum Gasteiger partial charge on any atom is -0.354 e. The van der Waals surface area contributed by atoms with Crippen LogP contribution in [-0.2, 0) is 0 Å². The van der Waals surface area contributed by atoms with E-state index in [1.807, 2.05) is 40.7 Å². The number of hydrogen-bond acceptors (Lipinski definition) is 6. The number of rotatable bonds is 4. The summed E-state index contributed by atoms with van der Waals surface area (Å²) < 4.78 is 0. The highest BCUT2D eigenvalue weighted by atomic mass is 32.2. The molecule has 0 aliphatic carbocycles. The fourth-order valence-electron chi connectivity index (χ4n) is 1.71. The number of aryl methyl sites for hydroxylation is 3. The number of hydrogen-bond donors (Lipinski definition) is 1. The number of anilines is 1. The summed E-state index contributed by atoms with van der Waals surface area (Å²) in [4.78, 5) is 17.8. The van der Waals surface area contributed by atoms with Crippen molar-refractivity contribution < 1.29 is 0 Å². The van der Waals surface area contributed by atoms with Crippen LogP contribution in [0.25, 0.3) is 0 Å². The second kappa shape index (κ2) is 6.17. The van der Waals surface area contributed by atoms with Gasteiger partial charge in [-0.15, -0.1) is 0 Å². The second-order valence-electron chi connectivity index (χ2n) is 4.61. The molecular weight excluding hydrogens is 270 g/mol. The van der Waals surface area contributed by atoms with Crippen LogP contribution in [0.2, 0.25) is 0 Å². The molecule has 0 atom stereocenters. The Morgan fingerprint density at radius 1 is 1.00 bits per heavy atom. The van der Waals surface area contributed by atoms with Crippen molar-refractivity contribution in [2.75, 3.05) is 11.9 Å². The highest BCUT2D eigenvalue weighted by molar-refractivity contribution is 7.99. The standard InChI is InChI=1S/C14H19N5S/c1-6-15-13-16-8(2)7-12(19-13)20-14-17-10(4)9(3)11(5)18-14/h7H,6H2,1-5H3,(H,15,16,19). The second-order valence-corrected chi connectivity index (χ2v) is 5.59. The lowest BCUT2D eigenvalue weighted by Gasteiger charge is -2.08. The lowest BCUT2D eigenvalue weighted by Crippen LogP contribution is -2.04. The average molecular weight is 289 g/mol. The van der Waals surface area contributed by atoms with Crippen molar-refractivity contribution in [1.29, 1.82) is 0 Å². The fraction of sp³-hybridized carbons (Fsp3) is 0.429. The zero-order chi connectivity index (χ0) is 14.7. The van der Waals surface area contributed by atoms with Crippen LogP contribution >= 0.6 is 11.8 Å². The molecule has 0 saturated heterocycles. The minimum absolute atomic E-state index is 0.649. The van der Waals surface area contributed by atoms with Gasteiger partial charge in [0, 0.05) is 23.6 Å². The molecule has 0 radical (unpaired) electrons. The van der Waals surface area contributed by atoms with Crippen molar-refractivity contribution in [1.82, 2.24) is 19.9 Å². The molecule has 0 bridgehead atoms. The quantitative estimate of drug-likeness (QED) is 0.689. The molecular formula is C14H19N5S. The molecule has 0 aromatic carbocycles. The van der Waals surface area contributed by atoms with Crippen LogP contribution in [0.4, 0.5) is 5.95 Å². The third-order valence-corrected chi connectivity index (χ3v) is 3.76. The summed E-state index contributed by atoms with van der Waals surface area (Å²) in [5, 5.41) is 4.72.